The number of morpholine rings is 1. The minimum Gasteiger partial charge on any atom is -0.379 e. The van der Waals surface area contributed by atoms with Crippen molar-refractivity contribution in [1.82, 2.24) is 19.8 Å². The summed E-state index contributed by atoms with van der Waals surface area (Å²) in [5.74, 6) is 0.973. The van der Waals surface area contributed by atoms with E-state index in [-0.39, 0.29) is 5.91 Å². The third kappa shape index (κ3) is 3.97. The van der Waals surface area contributed by atoms with Gasteiger partial charge in [-0.05, 0) is 18.6 Å². The summed E-state index contributed by atoms with van der Waals surface area (Å²) in [6.45, 7) is 5.95. The number of para-hydroxylation sites is 1. The Kier molecular flexibility index (Phi) is 5.05. The van der Waals surface area contributed by atoms with E-state index in [2.05, 4.69) is 15.2 Å². The minimum atomic E-state index is 0.0454. The van der Waals surface area contributed by atoms with Crippen molar-refractivity contribution in [2.45, 2.75) is 13.5 Å². The number of amides is 1. The van der Waals surface area contributed by atoms with Crippen LogP contribution in [0.3, 0.4) is 0 Å². The van der Waals surface area contributed by atoms with Crippen molar-refractivity contribution in [3.05, 3.63) is 48.0 Å². The number of benzene rings is 1. The lowest BCUT2D eigenvalue weighted by atomic mass is 10.1. The monoisotopic (exact) mass is 314 g/mol. The Morgan fingerprint density at radius 3 is 2.83 bits per heavy atom. The van der Waals surface area contributed by atoms with Crippen LogP contribution < -0.4 is 5.32 Å². The average molecular weight is 314 g/mol. The van der Waals surface area contributed by atoms with Gasteiger partial charge in [-0.25, -0.2) is 4.98 Å². The molecule has 2 heterocycles. The van der Waals surface area contributed by atoms with Crippen LogP contribution in [0.5, 0.6) is 0 Å². The highest BCUT2D eigenvalue weighted by Crippen LogP contribution is 2.15. The fourth-order valence-electron chi connectivity index (χ4n) is 2.74. The maximum absolute atomic E-state index is 12.1. The van der Waals surface area contributed by atoms with E-state index in [1.54, 1.807) is 6.20 Å². The van der Waals surface area contributed by atoms with E-state index in [4.69, 9.17) is 4.74 Å². The Morgan fingerprint density at radius 1 is 1.30 bits per heavy atom. The van der Waals surface area contributed by atoms with Gasteiger partial charge in [0.15, 0.2) is 0 Å². The number of imidazole rings is 1. The van der Waals surface area contributed by atoms with E-state index in [0.717, 1.165) is 30.2 Å². The van der Waals surface area contributed by atoms with E-state index in [0.29, 0.717) is 26.3 Å². The molecule has 0 radical (unpaired) electrons. The Hall–Kier alpha value is -2.18. The number of rotatable bonds is 5. The van der Waals surface area contributed by atoms with Crippen molar-refractivity contribution >= 4 is 5.91 Å². The van der Waals surface area contributed by atoms with Crippen molar-refractivity contribution in [2.75, 3.05) is 32.8 Å². The zero-order chi connectivity index (χ0) is 16.1. The maximum atomic E-state index is 12.1. The molecule has 6 nitrogen and oxygen atoms in total. The molecule has 0 atom stereocenters. The number of nitrogens with one attached hydrogen (secondary N) is 1. The fourth-order valence-corrected chi connectivity index (χ4v) is 2.74. The second kappa shape index (κ2) is 7.39. The first-order valence-corrected chi connectivity index (χ1v) is 7.89. The van der Waals surface area contributed by atoms with Gasteiger partial charge in [-0.2, -0.15) is 0 Å². The Bertz CT molecular complexity index is 662. The average Bonchev–Trinajstić information content (AvgIpc) is 3.00. The second-order valence-electron chi connectivity index (χ2n) is 5.64. The summed E-state index contributed by atoms with van der Waals surface area (Å²) in [5.41, 5.74) is 2.12. The highest BCUT2D eigenvalue weighted by atomic mass is 16.5. The zero-order valence-corrected chi connectivity index (χ0v) is 13.4. The van der Waals surface area contributed by atoms with Gasteiger partial charge in [-0.1, -0.05) is 18.2 Å². The minimum absolute atomic E-state index is 0.0454. The smallest absolute Gasteiger partial charge is 0.234 e. The van der Waals surface area contributed by atoms with Crippen molar-refractivity contribution in [1.29, 1.82) is 0 Å². The molecule has 0 unspecified atom stereocenters. The van der Waals surface area contributed by atoms with Gasteiger partial charge >= 0.3 is 0 Å². The Labute approximate surface area is 136 Å². The first-order chi connectivity index (χ1) is 11.2. The zero-order valence-electron chi connectivity index (χ0n) is 13.4. The molecule has 2 aromatic rings. The molecular formula is C17H22N4O2. The number of nitrogens with zero attached hydrogens (tertiary/aromatic N) is 3. The highest BCUT2D eigenvalue weighted by molar-refractivity contribution is 5.78. The van der Waals surface area contributed by atoms with Gasteiger partial charge in [-0.15, -0.1) is 0 Å². The van der Waals surface area contributed by atoms with E-state index >= 15 is 0 Å². The van der Waals surface area contributed by atoms with Gasteiger partial charge in [0.25, 0.3) is 0 Å². The van der Waals surface area contributed by atoms with Crippen LogP contribution in [-0.2, 0) is 16.1 Å². The number of aromatic nitrogens is 2. The van der Waals surface area contributed by atoms with E-state index in [9.17, 15) is 4.79 Å². The Balaban J connectivity index is 1.62. The van der Waals surface area contributed by atoms with Crippen LogP contribution >= 0.6 is 0 Å². The van der Waals surface area contributed by atoms with Gasteiger partial charge in [0.05, 0.1) is 25.4 Å². The summed E-state index contributed by atoms with van der Waals surface area (Å²) < 4.78 is 7.33. The molecule has 6 heteroatoms. The van der Waals surface area contributed by atoms with E-state index in [1.807, 2.05) is 42.0 Å². The summed E-state index contributed by atoms with van der Waals surface area (Å²) in [6, 6.07) is 8.05. The fraction of sp³-hybridized carbons (Fsp3) is 0.412. The predicted molar refractivity (Wildman–Crippen MR) is 87.4 cm³/mol. The number of hydrogen-bond acceptors (Lipinski definition) is 4. The molecule has 1 N–H and O–H groups in total. The molecular weight excluding hydrogens is 292 g/mol. The highest BCUT2D eigenvalue weighted by Gasteiger charge is 2.14. The van der Waals surface area contributed by atoms with E-state index < -0.39 is 0 Å². The lowest BCUT2D eigenvalue weighted by molar-refractivity contribution is -0.123. The molecule has 0 saturated carbocycles. The van der Waals surface area contributed by atoms with Crippen molar-refractivity contribution in [2.24, 2.45) is 0 Å². The van der Waals surface area contributed by atoms with Crippen molar-refractivity contribution in [3.63, 3.8) is 0 Å². The molecule has 1 fully saturated rings. The number of ether oxygens (including phenoxy) is 1. The first kappa shape index (κ1) is 15.7. The van der Waals surface area contributed by atoms with Crippen molar-refractivity contribution < 1.29 is 9.53 Å². The molecule has 1 saturated heterocycles. The normalized spacial score (nSPS) is 15.5. The van der Waals surface area contributed by atoms with Crippen molar-refractivity contribution in [3.8, 4) is 5.69 Å². The van der Waals surface area contributed by atoms with Crippen LogP contribution in [-0.4, -0.2) is 53.2 Å². The third-order valence-corrected chi connectivity index (χ3v) is 4.02. The number of carbonyl (C=O) groups is 1. The number of hydrogen-bond donors (Lipinski definition) is 1. The van der Waals surface area contributed by atoms with Gasteiger partial charge < -0.3 is 14.6 Å². The molecule has 1 aliphatic heterocycles. The molecule has 1 amide bonds. The Morgan fingerprint density at radius 2 is 2.09 bits per heavy atom. The topological polar surface area (TPSA) is 59.4 Å². The number of aryl methyl sites for hydroxylation is 1. The van der Waals surface area contributed by atoms with Gasteiger partial charge in [0.2, 0.25) is 5.91 Å². The second-order valence-corrected chi connectivity index (χ2v) is 5.64. The molecule has 122 valence electrons. The van der Waals surface area contributed by atoms with Crippen LogP contribution in [0.4, 0.5) is 0 Å². The largest absolute Gasteiger partial charge is 0.379 e. The van der Waals surface area contributed by atoms with Crippen LogP contribution in [0.2, 0.25) is 0 Å². The predicted octanol–water partition coefficient (Wildman–Crippen LogP) is 1.13. The van der Waals surface area contributed by atoms with Gasteiger partial charge in [-0.3, -0.25) is 9.69 Å². The standard InChI is InChI=1S/C17H22N4O2/c1-14-18-6-7-21(14)16-5-3-2-4-15(16)12-19-17(22)13-20-8-10-23-11-9-20/h2-7H,8-13H2,1H3,(H,19,22). The quantitative estimate of drug-likeness (QED) is 0.899. The number of carbonyl (C=O) groups excluding carboxylic acids is 1. The SMILES string of the molecule is Cc1nccn1-c1ccccc1CNC(=O)CN1CCOCC1. The summed E-state index contributed by atoms with van der Waals surface area (Å²) in [7, 11) is 0. The molecule has 0 bridgehead atoms. The molecule has 1 aromatic carbocycles. The molecule has 23 heavy (non-hydrogen) atoms. The molecule has 1 aliphatic rings. The summed E-state index contributed by atoms with van der Waals surface area (Å²) in [5, 5.41) is 3.01. The third-order valence-electron chi connectivity index (χ3n) is 4.02. The lowest BCUT2D eigenvalue weighted by Crippen LogP contribution is -2.43. The first-order valence-electron chi connectivity index (χ1n) is 7.89. The maximum Gasteiger partial charge on any atom is 0.234 e. The van der Waals surface area contributed by atoms with Crippen LogP contribution in [0.25, 0.3) is 5.69 Å². The summed E-state index contributed by atoms with van der Waals surface area (Å²) in [6.07, 6.45) is 3.72. The van der Waals surface area contributed by atoms with Crippen LogP contribution in [0.1, 0.15) is 11.4 Å². The van der Waals surface area contributed by atoms with Crippen LogP contribution in [0, 0.1) is 6.92 Å². The molecule has 1 aromatic heterocycles. The molecule has 0 aliphatic carbocycles. The van der Waals surface area contributed by atoms with Gasteiger partial charge in [0.1, 0.15) is 5.82 Å². The van der Waals surface area contributed by atoms with Crippen LogP contribution in [0.15, 0.2) is 36.7 Å². The molecule has 3 rings (SSSR count). The molecule has 0 spiro atoms. The lowest BCUT2D eigenvalue weighted by Gasteiger charge is -2.25. The van der Waals surface area contributed by atoms with E-state index in [1.165, 1.54) is 0 Å². The van der Waals surface area contributed by atoms with Gasteiger partial charge in [0, 0.05) is 32.0 Å². The summed E-state index contributed by atoms with van der Waals surface area (Å²) >= 11 is 0. The summed E-state index contributed by atoms with van der Waals surface area (Å²) in [4.78, 5) is 18.5.